The molecular formula is C15H17FN4. The van der Waals surface area contributed by atoms with Gasteiger partial charge >= 0.3 is 0 Å². The van der Waals surface area contributed by atoms with Crippen LogP contribution in [0.25, 0.3) is 0 Å². The molecule has 0 spiro atoms. The largest absolute Gasteiger partial charge is 0.379 e. The molecule has 0 saturated carbocycles. The highest BCUT2D eigenvalue weighted by atomic mass is 19.1. The molecule has 20 heavy (non-hydrogen) atoms. The van der Waals surface area contributed by atoms with Gasteiger partial charge in [-0.1, -0.05) is 6.92 Å². The van der Waals surface area contributed by atoms with E-state index < -0.39 is 0 Å². The molecule has 0 bridgehead atoms. The van der Waals surface area contributed by atoms with E-state index in [-0.39, 0.29) is 5.82 Å². The van der Waals surface area contributed by atoms with Crippen LogP contribution in [0.4, 0.5) is 10.1 Å². The van der Waals surface area contributed by atoms with E-state index in [4.69, 9.17) is 5.26 Å². The highest BCUT2D eigenvalue weighted by molar-refractivity contribution is 5.55. The summed E-state index contributed by atoms with van der Waals surface area (Å²) in [5.41, 5.74) is 2.52. The summed E-state index contributed by atoms with van der Waals surface area (Å²) in [6.45, 7) is 5.20. The number of anilines is 1. The van der Waals surface area contributed by atoms with Gasteiger partial charge in [-0.25, -0.2) is 4.39 Å². The van der Waals surface area contributed by atoms with E-state index in [9.17, 15) is 4.39 Å². The van der Waals surface area contributed by atoms with Crippen LogP contribution in [0.3, 0.4) is 0 Å². The van der Waals surface area contributed by atoms with Gasteiger partial charge in [0.05, 0.1) is 23.9 Å². The number of nitriles is 1. The molecule has 1 N–H and O–H groups in total. The Morgan fingerprint density at radius 1 is 1.45 bits per heavy atom. The number of aryl methyl sites for hydroxylation is 1. The van der Waals surface area contributed by atoms with Gasteiger partial charge in [-0.2, -0.15) is 10.4 Å². The van der Waals surface area contributed by atoms with Crippen molar-refractivity contribution in [3.63, 3.8) is 0 Å². The van der Waals surface area contributed by atoms with Gasteiger partial charge in [-0.3, -0.25) is 4.68 Å². The van der Waals surface area contributed by atoms with E-state index in [0.717, 1.165) is 18.7 Å². The van der Waals surface area contributed by atoms with Crippen LogP contribution in [0.2, 0.25) is 0 Å². The first kappa shape index (κ1) is 14.1. The topological polar surface area (TPSA) is 53.6 Å². The fourth-order valence-electron chi connectivity index (χ4n) is 2.04. The minimum atomic E-state index is -0.367. The van der Waals surface area contributed by atoms with Gasteiger partial charge in [-0.05, 0) is 31.5 Å². The van der Waals surface area contributed by atoms with Crippen molar-refractivity contribution in [1.82, 2.24) is 9.78 Å². The van der Waals surface area contributed by atoms with Crippen molar-refractivity contribution in [3.8, 4) is 6.07 Å². The lowest BCUT2D eigenvalue weighted by atomic mass is 10.1. The molecule has 4 nitrogen and oxygen atoms in total. The molecule has 0 aliphatic rings. The normalized spacial score (nSPS) is 10.3. The predicted molar refractivity (Wildman–Crippen MR) is 75.7 cm³/mol. The first-order valence-corrected chi connectivity index (χ1v) is 6.60. The Hall–Kier alpha value is -2.35. The molecule has 0 radical (unpaired) electrons. The summed E-state index contributed by atoms with van der Waals surface area (Å²) in [5, 5.41) is 16.3. The van der Waals surface area contributed by atoms with Crippen LogP contribution in [0.5, 0.6) is 0 Å². The molecule has 2 rings (SSSR count). The minimum Gasteiger partial charge on any atom is -0.379 e. The summed E-state index contributed by atoms with van der Waals surface area (Å²) in [7, 11) is 0. The summed E-state index contributed by atoms with van der Waals surface area (Å²) in [6.07, 6.45) is 2.76. The number of rotatable bonds is 5. The molecule has 2 aromatic rings. The van der Waals surface area contributed by atoms with Crippen molar-refractivity contribution < 1.29 is 4.39 Å². The predicted octanol–water partition coefficient (Wildman–Crippen LogP) is 3.22. The van der Waals surface area contributed by atoms with E-state index >= 15 is 0 Å². The SMILES string of the molecule is CCCn1nccc1CNc1cc(C#N)cc(F)c1C. The fraction of sp³-hybridized carbons (Fsp3) is 0.333. The Balaban J connectivity index is 2.17. The zero-order chi connectivity index (χ0) is 14.5. The molecule has 5 heteroatoms. The number of benzene rings is 1. The van der Waals surface area contributed by atoms with Crippen LogP contribution >= 0.6 is 0 Å². The van der Waals surface area contributed by atoms with Crippen LogP contribution in [0, 0.1) is 24.1 Å². The van der Waals surface area contributed by atoms with Gasteiger partial charge in [0.2, 0.25) is 0 Å². The third-order valence-electron chi connectivity index (χ3n) is 3.17. The average molecular weight is 272 g/mol. The van der Waals surface area contributed by atoms with E-state index in [0.29, 0.717) is 23.4 Å². The van der Waals surface area contributed by atoms with E-state index in [1.165, 1.54) is 6.07 Å². The second-order valence-electron chi connectivity index (χ2n) is 4.64. The van der Waals surface area contributed by atoms with Crippen molar-refractivity contribution in [2.75, 3.05) is 5.32 Å². The number of halogens is 1. The Morgan fingerprint density at radius 2 is 2.25 bits per heavy atom. The van der Waals surface area contributed by atoms with Gasteiger partial charge in [0, 0.05) is 24.0 Å². The number of aromatic nitrogens is 2. The molecule has 0 amide bonds. The monoisotopic (exact) mass is 272 g/mol. The standard InChI is InChI=1S/C15H17FN4/c1-3-6-20-13(4-5-19-20)10-18-15-8-12(9-17)7-14(16)11(15)2/h4-5,7-8,18H,3,6,10H2,1-2H3. The Morgan fingerprint density at radius 3 is 2.95 bits per heavy atom. The Labute approximate surface area is 117 Å². The van der Waals surface area contributed by atoms with E-state index in [1.807, 2.05) is 16.8 Å². The minimum absolute atomic E-state index is 0.317. The molecule has 0 atom stereocenters. The van der Waals surface area contributed by atoms with Gasteiger partial charge in [0.15, 0.2) is 0 Å². The van der Waals surface area contributed by atoms with Crippen LogP contribution in [0.1, 0.15) is 30.2 Å². The average Bonchev–Trinajstić information content (AvgIpc) is 2.88. The lowest BCUT2D eigenvalue weighted by Gasteiger charge is -2.12. The third kappa shape index (κ3) is 2.97. The van der Waals surface area contributed by atoms with Crippen molar-refractivity contribution in [2.24, 2.45) is 0 Å². The molecule has 0 aliphatic heterocycles. The van der Waals surface area contributed by atoms with Gasteiger partial charge in [0.25, 0.3) is 0 Å². The molecule has 1 aromatic carbocycles. The van der Waals surface area contributed by atoms with Crippen LogP contribution in [0.15, 0.2) is 24.4 Å². The van der Waals surface area contributed by atoms with Crippen LogP contribution in [-0.4, -0.2) is 9.78 Å². The van der Waals surface area contributed by atoms with Crippen LogP contribution < -0.4 is 5.32 Å². The smallest absolute Gasteiger partial charge is 0.129 e. The molecular weight excluding hydrogens is 255 g/mol. The summed E-state index contributed by atoms with van der Waals surface area (Å²) in [5.74, 6) is -0.367. The van der Waals surface area contributed by atoms with Crippen LogP contribution in [-0.2, 0) is 13.1 Å². The van der Waals surface area contributed by atoms with Crippen molar-refractivity contribution in [2.45, 2.75) is 33.4 Å². The maximum Gasteiger partial charge on any atom is 0.129 e. The van der Waals surface area contributed by atoms with Gasteiger partial charge < -0.3 is 5.32 Å². The Bertz CT molecular complexity index is 640. The molecule has 1 heterocycles. The molecule has 0 aliphatic carbocycles. The molecule has 0 fully saturated rings. The summed E-state index contributed by atoms with van der Waals surface area (Å²) >= 11 is 0. The van der Waals surface area contributed by atoms with Crippen molar-refractivity contribution >= 4 is 5.69 Å². The maximum atomic E-state index is 13.7. The highest BCUT2D eigenvalue weighted by Gasteiger charge is 2.08. The lowest BCUT2D eigenvalue weighted by Crippen LogP contribution is -2.10. The van der Waals surface area contributed by atoms with Crippen molar-refractivity contribution in [1.29, 1.82) is 5.26 Å². The number of hydrogen-bond acceptors (Lipinski definition) is 3. The third-order valence-corrected chi connectivity index (χ3v) is 3.17. The van der Waals surface area contributed by atoms with E-state index in [1.54, 1.807) is 19.2 Å². The van der Waals surface area contributed by atoms with Gasteiger partial charge in [-0.15, -0.1) is 0 Å². The first-order valence-electron chi connectivity index (χ1n) is 6.60. The first-order chi connectivity index (χ1) is 9.65. The fourth-order valence-corrected chi connectivity index (χ4v) is 2.04. The van der Waals surface area contributed by atoms with E-state index in [2.05, 4.69) is 17.3 Å². The maximum absolute atomic E-state index is 13.7. The molecule has 0 unspecified atom stereocenters. The quantitative estimate of drug-likeness (QED) is 0.909. The summed E-state index contributed by atoms with van der Waals surface area (Å²) < 4.78 is 15.6. The number of hydrogen-bond donors (Lipinski definition) is 1. The highest BCUT2D eigenvalue weighted by Crippen LogP contribution is 2.21. The number of nitrogens with one attached hydrogen (secondary N) is 1. The summed E-state index contributed by atoms with van der Waals surface area (Å²) in [6, 6.07) is 6.81. The number of nitrogens with zero attached hydrogens (tertiary/aromatic N) is 3. The molecule has 104 valence electrons. The molecule has 0 saturated heterocycles. The second kappa shape index (κ2) is 6.20. The van der Waals surface area contributed by atoms with Crippen molar-refractivity contribution in [3.05, 3.63) is 47.0 Å². The van der Waals surface area contributed by atoms with Gasteiger partial charge in [0.1, 0.15) is 5.82 Å². The zero-order valence-electron chi connectivity index (χ0n) is 11.7. The Kier molecular flexibility index (Phi) is 4.36. The summed E-state index contributed by atoms with van der Waals surface area (Å²) in [4.78, 5) is 0. The lowest BCUT2D eigenvalue weighted by molar-refractivity contribution is 0.578. The second-order valence-corrected chi connectivity index (χ2v) is 4.64. The molecule has 1 aromatic heterocycles. The zero-order valence-corrected chi connectivity index (χ0v) is 11.7.